The SMILES string of the molecule is CCOc1cc(Cn2ccn(C)/c2=N\C(=O)O)cc(C(=O)NC(C)c2ccc(F)c(C)c2)c1. The number of benzene rings is 2. The fraction of sp³-hybridized carbons (Fsp3) is 0.292. The fourth-order valence-corrected chi connectivity index (χ4v) is 3.50. The zero-order valence-electron chi connectivity index (χ0n) is 19.0. The molecule has 0 radical (unpaired) electrons. The molecule has 3 aromatic rings. The van der Waals surface area contributed by atoms with Crippen molar-refractivity contribution >= 4 is 12.0 Å². The second kappa shape index (κ2) is 10.2. The van der Waals surface area contributed by atoms with E-state index >= 15 is 0 Å². The Kier molecular flexibility index (Phi) is 7.32. The number of nitrogens with zero attached hydrogens (tertiary/aromatic N) is 3. The minimum atomic E-state index is -1.29. The smallest absolute Gasteiger partial charge is 0.434 e. The van der Waals surface area contributed by atoms with Crippen LogP contribution in [0.25, 0.3) is 0 Å². The lowest BCUT2D eigenvalue weighted by atomic mass is 10.0. The zero-order chi connectivity index (χ0) is 24.1. The highest BCUT2D eigenvalue weighted by Gasteiger charge is 2.15. The first kappa shape index (κ1) is 23.8. The summed E-state index contributed by atoms with van der Waals surface area (Å²) in [5.74, 6) is -0.0711. The van der Waals surface area contributed by atoms with Crippen LogP contribution in [0.5, 0.6) is 5.75 Å². The Morgan fingerprint density at radius 3 is 2.64 bits per heavy atom. The summed E-state index contributed by atoms with van der Waals surface area (Å²) in [5, 5.41) is 12.0. The van der Waals surface area contributed by atoms with Gasteiger partial charge in [-0.05, 0) is 61.7 Å². The maximum atomic E-state index is 13.6. The number of carboxylic acid groups (broad SMARTS) is 1. The van der Waals surface area contributed by atoms with Crippen LogP contribution < -0.4 is 15.7 Å². The van der Waals surface area contributed by atoms with Crippen molar-refractivity contribution in [3.8, 4) is 5.75 Å². The van der Waals surface area contributed by atoms with Crippen molar-refractivity contribution in [2.24, 2.45) is 12.0 Å². The molecule has 33 heavy (non-hydrogen) atoms. The van der Waals surface area contributed by atoms with Gasteiger partial charge >= 0.3 is 6.09 Å². The molecule has 0 bridgehead atoms. The number of aryl methyl sites for hydroxylation is 2. The highest BCUT2D eigenvalue weighted by molar-refractivity contribution is 5.95. The predicted octanol–water partition coefficient (Wildman–Crippen LogP) is 3.79. The lowest BCUT2D eigenvalue weighted by molar-refractivity contribution is 0.0939. The summed E-state index contributed by atoms with van der Waals surface area (Å²) >= 11 is 0. The molecule has 0 fully saturated rings. The highest BCUT2D eigenvalue weighted by Crippen LogP contribution is 2.21. The Morgan fingerprint density at radius 2 is 1.97 bits per heavy atom. The van der Waals surface area contributed by atoms with Gasteiger partial charge in [0, 0.05) is 25.0 Å². The molecule has 0 aliphatic rings. The zero-order valence-corrected chi connectivity index (χ0v) is 19.0. The molecule has 2 amide bonds. The largest absolute Gasteiger partial charge is 0.494 e. The van der Waals surface area contributed by atoms with Gasteiger partial charge < -0.3 is 24.3 Å². The maximum absolute atomic E-state index is 13.6. The van der Waals surface area contributed by atoms with E-state index in [4.69, 9.17) is 9.84 Å². The third-order valence-corrected chi connectivity index (χ3v) is 5.16. The van der Waals surface area contributed by atoms with E-state index in [9.17, 15) is 14.0 Å². The molecular formula is C24H27FN4O4. The van der Waals surface area contributed by atoms with Crippen molar-refractivity contribution in [3.63, 3.8) is 0 Å². The quantitative estimate of drug-likeness (QED) is 0.568. The first-order valence-corrected chi connectivity index (χ1v) is 10.5. The van der Waals surface area contributed by atoms with Crippen LogP contribution in [0.4, 0.5) is 9.18 Å². The molecule has 2 aromatic carbocycles. The molecule has 8 nitrogen and oxygen atoms in total. The highest BCUT2D eigenvalue weighted by atomic mass is 19.1. The third kappa shape index (κ3) is 5.88. The van der Waals surface area contributed by atoms with Gasteiger partial charge in [0.2, 0.25) is 5.62 Å². The van der Waals surface area contributed by atoms with E-state index in [0.717, 1.165) is 11.1 Å². The number of aromatic nitrogens is 2. The Morgan fingerprint density at radius 1 is 1.21 bits per heavy atom. The molecule has 1 aromatic heterocycles. The summed E-state index contributed by atoms with van der Waals surface area (Å²) in [5.41, 5.74) is 2.71. The lowest BCUT2D eigenvalue weighted by Gasteiger charge is -2.16. The molecule has 3 rings (SSSR count). The van der Waals surface area contributed by atoms with Crippen LogP contribution >= 0.6 is 0 Å². The number of carbonyl (C=O) groups excluding carboxylic acids is 1. The van der Waals surface area contributed by atoms with Crippen LogP contribution in [0.15, 0.2) is 53.8 Å². The maximum Gasteiger partial charge on any atom is 0.434 e. The molecule has 0 spiro atoms. The van der Waals surface area contributed by atoms with E-state index in [-0.39, 0.29) is 23.4 Å². The van der Waals surface area contributed by atoms with Gasteiger partial charge in [-0.1, -0.05) is 12.1 Å². The minimum Gasteiger partial charge on any atom is -0.494 e. The van der Waals surface area contributed by atoms with Gasteiger partial charge in [0.1, 0.15) is 11.6 Å². The molecule has 174 valence electrons. The molecule has 2 N–H and O–H groups in total. The van der Waals surface area contributed by atoms with Crippen molar-refractivity contribution in [2.45, 2.75) is 33.4 Å². The molecule has 9 heteroatoms. The topological polar surface area (TPSA) is 97.8 Å². The summed E-state index contributed by atoms with van der Waals surface area (Å²) in [7, 11) is 1.70. The third-order valence-electron chi connectivity index (χ3n) is 5.16. The second-order valence-corrected chi connectivity index (χ2v) is 7.73. The van der Waals surface area contributed by atoms with Crippen LogP contribution in [0.3, 0.4) is 0 Å². The number of hydrogen-bond acceptors (Lipinski definition) is 3. The number of hydrogen-bond donors (Lipinski definition) is 2. The molecule has 0 aliphatic heterocycles. The Hall–Kier alpha value is -3.88. The van der Waals surface area contributed by atoms with Crippen molar-refractivity contribution in [1.29, 1.82) is 0 Å². The van der Waals surface area contributed by atoms with Crippen LogP contribution in [-0.2, 0) is 13.6 Å². The normalized spacial score (nSPS) is 12.5. The summed E-state index contributed by atoms with van der Waals surface area (Å²) < 4.78 is 22.5. The summed E-state index contributed by atoms with van der Waals surface area (Å²) in [4.78, 5) is 27.7. The Balaban J connectivity index is 1.89. The first-order chi connectivity index (χ1) is 15.7. The number of carbonyl (C=O) groups is 2. The van der Waals surface area contributed by atoms with Gasteiger partial charge in [0.05, 0.1) is 19.2 Å². The molecule has 0 saturated heterocycles. The summed E-state index contributed by atoms with van der Waals surface area (Å²) in [6, 6.07) is 9.60. The number of rotatable bonds is 7. The van der Waals surface area contributed by atoms with E-state index in [1.165, 1.54) is 6.07 Å². The van der Waals surface area contributed by atoms with Gasteiger partial charge in [0.25, 0.3) is 5.91 Å². The first-order valence-electron chi connectivity index (χ1n) is 10.5. The lowest BCUT2D eigenvalue weighted by Crippen LogP contribution is -2.27. The molecule has 0 aliphatic carbocycles. The molecule has 1 unspecified atom stereocenters. The average Bonchev–Trinajstić information content (AvgIpc) is 3.08. The van der Waals surface area contributed by atoms with Crippen molar-refractivity contribution in [3.05, 3.63) is 82.5 Å². The molecular weight excluding hydrogens is 427 g/mol. The summed E-state index contributed by atoms with van der Waals surface area (Å²) in [6.45, 7) is 6.07. The van der Waals surface area contributed by atoms with E-state index in [1.807, 2.05) is 13.8 Å². The summed E-state index contributed by atoms with van der Waals surface area (Å²) in [6.07, 6.45) is 2.13. The Labute approximate surface area is 191 Å². The standard InChI is InChI=1S/C24H27FN4O4/c1-5-33-20-12-17(14-29-9-8-28(4)23(29)27-24(31)32)11-19(13-20)22(30)26-16(3)18-6-7-21(25)15(2)10-18/h6-13,16H,5,14H2,1-4H3,(H,26,30)(H,31,32)/b27-23+. The predicted molar refractivity (Wildman–Crippen MR) is 121 cm³/mol. The van der Waals surface area contributed by atoms with E-state index in [0.29, 0.717) is 30.0 Å². The number of nitrogens with one attached hydrogen (secondary N) is 1. The number of ether oxygens (including phenoxy) is 1. The average molecular weight is 455 g/mol. The van der Waals surface area contributed by atoms with Crippen molar-refractivity contribution < 1.29 is 23.8 Å². The fourth-order valence-electron chi connectivity index (χ4n) is 3.50. The van der Waals surface area contributed by atoms with E-state index in [1.54, 1.807) is 65.8 Å². The van der Waals surface area contributed by atoms with Crippen LogP contribution in [0.1, 0.15) is 46.9 Å². The van der Waals surface area contributed by atoms with Crippen LogP contribution in [0.2, 0.25) is 0 Å². The molecule has 1 heterocycles. The molecule has 0 saturated carbocycles. The number of imidazole rings is 1. The Bertz CT molecular complexity index is 1250. The van der Waals surface area contributed by atoms with Crippen LogP contribution in [0, 0.1) is 12.7 Å². The van der Waals surface area contributed by atoms with E-state index in [2.05, 4.69) is 10.3 Å². The van der Waals surface area contributed by atoms with Gasteiger partial charge in [-0.3, -0.25) is 4.79 Å². The molecule has 1 atom stereocenters. The van der Waals surface area contributed by atoms with Crippen molar-refractivity contribution in [2.75, 3.05) is 6.61 Å². The number of halogens is 1. The van der Waals surface area contributed by atoms with Gasteiger partial charge in [0.15, 0.2) is 0 Å². The minimum absolute atomic E-state index is 0.260. The second-order valence-electron chi connectivity index (χ2n) is 7.73. The van der Waals surface area contributed by atoms with Crippen LogP contribution in [-0.4, -0.2) is 32.8 Å². The number of amides is 2. The van der Waals surface area contributed by atoms with E-state index < -0.39 is 6.09 Å². The van der Waals surface area contributed by atoms with Gasteiger partial charge in [-0.25, -0.2) is 9.18 Å². The monoisotopic (exact) mass is 454 g/mol. The van der Waals surface area contributed by atoms with Gasteiger partial charge in [-0.15, -0.1) is 4.99 Å². The van der Waals surface area contributed by atoms with Gasteiger partial charge in [-0.2, -0.15) is 0 Å². The van der Waals surface area contributed by atoms with Crippen molar-refractivity contribution in [1.82, 2.24) is 14.5 Å².